The van der Waals surface area contributed by atoms with Crippen LogP contribution in [0.4, 0.5) is 5.69 Å². The number of nitrogens with two attached hydrogens (primary N) is 1. The second-order valence-corrected chi connectivity index (χ2v) is 8.37. The van der Waals surface area contributed by atoms with Crippen LogP contribution >= 0.6 is 0 Å². The number of hydrogen-bond donors (Lipinski definition) is 1. The Morgan fingerprint density at radius 3 is 2.19 bits per heavy atom. The molecule has 0 radical (unpaired) electrons. The number of sulfonamides is 1. The lowest BCUT2D eigenvalue weighted by Gasteiger charge is -2.33. The predicted octanol–water partition coefficient (Wildman–Crippen LogP) is 2.94. The summed E-state index contributed by atoms with van der Waals surface area (Å²) in [6.45, 7) is 9.45. The zero-order chi connectivity index (χ0) is 15.8. The van der Waals surface area contributed by atoms with E-state index in [4.69, 9.17) is 5.73 Å². The molecular formula is C16H26N2O2S. The van der Waals surface area contributed by atoms with Crippen molar-refractivity contribution in [3.63, 3.8) is 0 Å². The standard InChI is InChI=1S/C16H26N2O2S/c1-11(2)14-5-7-18(8-6-14)21(19,20)16-10-13(4)12(3)9-15(16)17/h9-11,14H,5-8,17H2,1-4H3. The highest BCUT2D eigenvalue weighted by Gasteiger charge is 2.31. The smallest absolute Gasteiger partial charge is 0.245 e. The summed E-state index contributed by atoms with van der Waals surface area (Å²) < 4.78 is 27.2. The second-order valence-electron chi connectivity index (χ2n) is 6.46. The highest BCUT2D eigenvalue weighted by atomic mass is 32.2. The third kappa shape index (κ3) is 3.24. The summed E-state index contributed by atoms with van der Waals surface area (Å²) in [4.78, 5) is 0.258. The Hall–Kier alpha value is -1.07. The summed E-state index contributed by atoms with van der Waals surface area (Å²) in [6, 6.07) is 3.46. The molecule has 1 aromatic carbocycles. The summed E-state index contributed by atoms with van der Waals surface area (Å²) in [5.41, 5.74) is 8.28. The van der Waals surface area contributed by atoms with Crippen molar-refractivity contribution in [2.75, 3.05) is 18.8 Å². The van der Waals surface area contributed by atoms with Crippen LogP contribution in [-0.2, 0) is 10.0 Å². The molecule has 0 unspecified atom stereocenters. The van der Waals surface area contributed by atoms with Gasteiger partial charge in [0.25, 0.3) is 0 Å². The number of piperidine rings is 1. The van der Waals surface area contributed by atoms with Gasteiger partial charge in [0.15, 0.2) is 0 Å². The maximum atomic E-state index is 12.8. The van der Waals surface area contributed by atoms with Crippen LogP contribution in [0.3, 0.4) is 0 Å². The number of benzene rings is 1. The quantitative estimate of drug-likeness (QED) is 0.873. The molecule has 2 N–H and O–H groups in total. The predicted molar refractivity (Wildman–Crippen MR) is 86.6 cm³/mol. The normalized spacial score (nSPS) is 18.3. The van der Waals surface area contributed by atoms with Crippen molar-refractivity contribution >= 4 is 15.7 Å². The molecule has 21 heavy (non-hydrogen) atoms. The van der Waals surface area contributed by atoms with E-state index in [-0.39, 0.29) is 4.90 Å². The summed E-state index contributed by atoms with van der Waals surface area (Å²) in [5, 5.41) is 0. The van der Waals surface area contributed by atoms with Crippen molar-refractivity contribution in [2.24, 2.45) is 11.8 Å². The minimum Gasteiger partial charge on any atom is -0.398 e. The van der Waals surface area contributed by atoms with Crippen LogP contribution in [0, 0.1) is 25.7 Å². The van der Waals surface area contributed by atoms with Gasteiger partial charge in [0.1, 0.15) is 4.90 Å². The molecule has 118 valence electrons. The van der Waals surface area contributed by atoms with Crippen LogP contribution < -0.4 is 5.73 Å². The maximum Gasteiger partial charge on any atom is 0.245 e. The monoisotopic (exact) mass is 310 g/mol. The van der Waals surface area contributed by atoms with Crippen molar-refractivity contribution in [1.82, 2.24) is 4.31 Å². The fraction of sp³-hybridized carbons (Fsp3) is 0.625. The molecule has 1 aliphatic heterocycles. The molecule has 0 aliphatic carbocycles. The number of rotatable bonds is 3. The molecule has 2 rings (SSSR count). The third-order valence-electron chi connectivity index (χ3n) is 4.69. The lowest BCUT2D eigenvalue weighted by Crippen LogP contribution is -2.39. The largest absolute Gasteiger partial charge is 0.398 e. The molecule has 0 bridgehead atoms. The van der Waals surface area contributed by atoms with Crippen molar-refractivity contribution in [2.45, 2.75) is 45.4 Å². The zero-order valence-corrected chi connectivity index (χ0v) is 14.2. The van der Waals surface area contributed by atoms with E-state index in [9.17, 15) is 8.42 Å². The van der Waals surface area contributed by atoms with Gasteiger partial charge in [-0.25, -0.2) is 8.42 Å². The highest BCUT2D eigenvalue weighted by Crippen LogP contribution is 2.31. The topological polar surface area (TPSA) is 63.4 Å². The molecular weight excluding hydrogens is 284 g/mol. The van der Waals surface area contributed by atoms with E-state index in [1.807, 2.05) is 13.8 Å². The van der Waals surface area contributed by atoms with Crippen LogP contribution in [0.15, 0.2) is 17.0 Å². The van der Waals surface area contributed by atoms with Gasteiger partial charge in [0, 0.05) is 13.1 Å². The van der Waals surface area contributed by atoms with Gasteiger partial charge < -0.3 is 5.73 Å². The summed E-state index contributed by atoms with van der Waals surface area (Å²) in [6.07, 6.45) is 1.86. The Bertz CT molecular complexity index is 615. The van der Waals surface area contributed by atoms with E-state index in [2.05, 4.69) is 13.8 Å². The summed E-state index contributed by atoms with van der Waals surface area (Å²) in [7, 11) is -3.47. The van der Waals surface area contributed by atoms with E-state index in [0.717, 1.165) is 24.0 Å². The first-order chi connectivity index (χ1) is 9.73. The van der Waals surface area contributed by atoms with Gasteiger partial charge in [-0.2, -0.15) is 4.31 Å². The van der Waals surface area contributed by atoms with E-state index in [1.165, 1.54) is 0 Å². The SMILES string of the molecule is Cc1cc(N)c(S(=O)(=O)N2CCC(C(C)C)CC2)cc1C. The first-order valence-corrected chi connectivity index (χ1v) is 9.04. The minimum absolute atomic E-state index is 0.258. The van der Waals surface area contributed by atoms with Crippen LogP contribution in [0.25, 0.3) is 0 Å². The van der Waals surface area contributed by atoms with Gasteiger partial charge in [-0.15, -0.1) is 0 Å². The van der Waals surface area contributed by atoms with Crippen LogP contribution in [0.1, 0.15) is 37.8 Å². The Kier molecular flexibility index (Phi) is 4.63. The Morgan fingerprint density at radius 2 is 1.67 bits per heavy atom. The molecule has 4 nitrogen and oxygen atoms in total. The van der Waals surface area contributed by atoms with Crippen molar-refractivity contribution in [3.05, 3.63) is 23.3 Å². The number of nitrogens with zero attached hydrogens (tertiary/aromatic N) is 1. The van der Waals surface area contributed by atoms with Crippen LogP contribution in [0.5, 0.6) is 0 Å². The van der Waals surface area contributed by atoms with Crippen molar-refractivity contribution in [1.29, 1.82) is 0 Å². The molecule has 1 heterocycles. The maximum absolute atomic E-state index is 12.8. The lowest BCUT2D eigenvalue weighted by molar-refractivity contribution is 0.226. The molecule has 1 fully saturated rings. The number of hydrogen-bond acceptors (Lipinski definition) is 3. The number of aryl methyl sites for hydroxylation is 2. The average molecular weight is 310 g/mol. The molecule has 1 saturated heterocycles. The van der Waals surface area contributed by atoms with Gasteiger partial charge in [-0.3, -0.25) is 0 Å². The molecule has 1 aromatic rings. The Morgan fingerprint density at radius 1 is 1.14 bits per heavy atom. The van der Waals surface area contributed by atoms with Gasteiger partial charge in [0.05, 0.1) is 5.69 Å². The first kappa shape index (κ1) is 16.3. The highest BCUT2D eigenvalue weighted by molar-refractivity contribution is 7.89. The lowest BCUT2D eigenvalue weighted by atomic mass is 9.87. The van der Waals surface area contributed by atoms with E-state index in [0.29, 0.717) is 30.6 Å². The number of nitrogen functional groups attached to an aromatic ring is 1. The molecule has 0 saturated carbocycles. The zero-order valence-electron chi connectivity index (χ0n) is 13.4. The van der Waals surface area contributed by atoms with Crippen LogP contribution in [0.2, 0.25) is 0 Å². The Labute approximate surface area is 128 Å². The Balaban J connectivity index is 2.26. The van der Waals surface area contributed by atoms with Crippen molar-refractivity contribution < 1.29 is 8.42 Å². The van der Waals surface area contributed by atoms with Gasteiger partial charge >= 0.3 is 0 Å². The molecule has 0 atom stereocenters. The summed E-state index contributed by atoms with van der Waals surface area (Å²) >= 11 is 0. The van der Waals surface area contributed by atoms with Gasteiger partial charge in [-0.1, -0.05) is 13.8 Å². The minimum atomic E-state index is -3.47. The number of anilines is 1. The van der Waals surface area contributed by atoms with Gasteiger partial charge in [0.2, 0.25) is 10.0 Å². The molecule has 1 aliphatic rings. The molecule has 0 spiro atoms. The molecule has 0 aromatic heterocycles. The first-order valence-electron chi connectivity index (χ1n) is 7.60. The molecule has 0 amide bonds. The third-order valence-corrected chi connectivity index (χ3v) is 6.64. The fourth-order valence-electron chi connectivity index (χ4n) is 2.96. The molecule has 5 heteroatoms. The summed E-state index contributed by atoms with van der Waals surface area (Å²) in [5.74, 6) is 1.23. The second kappa shape index (κ2) is 5.97. The average Bonchev–Trinajstić information content (AvgIpc) is 2.42. The van der Waals surface area contributed by atoms with Crippen LogP contribution in [-0.4, -0.2) is 25.8 Å². The fourth-order valence-corrected chi connectivity index (χ4v) is 4.61. The van der Waals surface area contributed by atoms with Gasteiger partial charge in [-0.05, 0) is 61.8 Å². The van der Waals surface area contributed by atoms with Crippen molar-refractivity contribution in [3.8, 4) is 0 Å². The van der Waals surface area contributed by atoms with E-state index >= 15 is 0 Å². The van der Waals surface area contributed by atoms with E-state index in [1.54, 1.807) is 16.4 Å². The van der Waals surface area contributed by atoms with E-state index < -0.39 is 10.0 Å².